The molecule has 0 radical (unpaired) electrons. The molecule has 6 nitrogen and oxygen atoms in total. The molecule has 3 N–H and O–H groups in total. The fourth-order valence-electron chi connectivity index (χ4n) is 2.34. The summed E-state index contributed by atoms with van der Waals surface area (Å²) < 4.78 is 135. The van der Waals surface area contributed by atoms with E-state index in [0.717, 1.165) is 0 Å². The molecular weight excluding hydrogens is 494 g/mol. The Morgan fingerprint density at radius 1 is 0.441 bits per heavy atom. The second kappa shape index (κ2) is 9.03. The van der Waals surface area contributed by atoms with Crippen LogP contribution < -0.4 is 14.0 Å². The van der Waals surface area contributed by atoms with Gasteiger partial charge < -0.3 is 29.3 Å². The average molecular weight is 500 g/mol. The van der Waals surface area contributed by atoms with Gasteiger partial charge in [-0.3, -0.25) is 0 Å². The molecule has 34 heavy (non-hydrogen) atoms. The maximum atomic E-state index is 13.6. The highest BCUT2D eigenvalue weighted by molar-refractivity contribution is 6.39. The number of hydrogen-bond acceptors (Lipinski definition) is 6. The van der Waals surface area contributed by atoms with Crippen molar-refractivity contribution in [2.45, 2.75) is 0 Å². The van der Waals surface area contributed by atoms with E-state index < -0.39 is 94.2 Å². The quantitative estimate of drug-likeness (QED) is 0.261. The maximum absolute atomic E-state index is 13.6. The minimum absolute atomic E-state index is 0.00480. The maximum Gasteiger partial charge on any atom is 0.864 e. The predicted octanol–water partition coefficient (Wildman–Crippen LogP) is 4.58. The molecule has 0 unspecified atom stereocenters. The molecule has 0 fully saturated rings. The highest BCUT2D eigenvalue weighted by Crippen LogP contribution is 2.37. The largest absolute Gasteiger partial charge is 0.864 e. The fraction of sp³-hybridized carbons (Fsp3) is 0. The number of phenolic OH excluding ortho intramolecular Hbond substituents is 3. The minimum Gasteiger partial charge on any atom is -0.502 e. The second-order valence-electron chi connectivity index (χ2n) is 6.14. The molecule has 0 heterocycles. The molecule has 3 aromatic rings. The van der Waals surface area contributed by atoms with Gasteiger partial charge in [0, 0.05) is 18.2 Å². The van der Waals surface area contributed by atoms with Gasteiger partial charge in [0.1, 0.15) is 0 Å². The number of aromatic hydroxyl groups is 3. The lowest BCUT2D eigenvalue weighted by Crippen LogP contribution is -2.37. The van der Waals surface area contributed by atoms with Crippen molar-refractivity contribution in [2.75, 3.05) is 0 Å². The zero-order valence-electron chi connectivity index (χ0n) is 15.8. The number of benzene rings is 3. The molecule has 16 heteroatoms. The summed E-state index contributed by atoms with van der Waals surface area (Å²) in [6.45, 7) is 0. The van der Waals surface area contributed by atoms with E-state index in [1.807, 2.05) is 0 Å². The number of phenols is 3. The molecule has 0 bridgehead atoms. The van der Waals surface area contributed by atoms with Crippen LogP contribution in [0.15, 0.2) is 18.2 Å². The Bertz CT molecular complexity index is 1130. The molecule has 0 saturated heterocycles. The van der Waals surface area contributed by atoms with Gasteiger partial charge in [0.05, 0.1) is 0 Å². The highest BCUT2D eigenvalue weighted by Gasteiger charge is 2.37. The first-order valence-electron chi connectivity index (χ1n) is 8.42. The van der Waals surface area contributed by atoms with Crippen molar-refractivity contribution >= 4 is 7.32 Å². The summed E-state index contributed by atoms with van der Waals surface area (Å²) in [5.41, 5.74) is 0. The molecule has 3 aromatic carbocycles. The lowest BCUT2D eigenvalue weighted by molar-refractivity contribution is 0.271. The van der Waals surface area contributed by atoms with Gasteiger partial charge in [0.2, 0.25) is 17.5 Å². The van der Waals surface area contributed by atoms with Gasteiger partial charge in [-0.1, -0.05) is 0 Å². The van der Waals surface area contributed by atoms with Crippen LogP contribution in [0.25, 0.3) is 0 Å². The number of halogens is 9. The van der Waals surface area contributed by atoms with E-state index in [0.29, 0.717) is 0 Å². The Labute approximate surface area is 182 Å². The van der Waals surface area contributed by atoms with E-state index in [1.54, 1.807) is 0 Å². The molecule has 0 aliphatic heterocycles. The number of hydrogen-bond donors (Lipinski definition) is 3. The van der Waals surface area contributed by atoms with E-state index in [2.05, 4.69) is 14.0 Å². The molecule has 0 amide bonds. The summed E-state index contributed by atoms with van der Waals surface area (Å²) >= 11 is 0. The third-order valence-corrected chi connectivity index (χ3v) is 3.97. The van der Waals surface area contributed by atoms with Crippen molar-refractivity contribution in [3.05, 3.63) is 70.6 Å². The van der Waals surface area contributed by atoms with Crippen LogP contribution >= 0.6 is 0 Å². The predicted molar refractivity (Wildman–Crippen MR) is 91.6 cm³/mol. The Morgan fingerprint density at radius 3 is 0.912 bits per heavy atom. The van der Waals surface area contributed by atoms with Crippen LogP contribution in [0.1, 0.15) is 0 Å². The van der Waals surface area contributed by atoms with Crippen molar-refractivity contribution in [1.82, 2.24) is 0 Å². The van der Waals surface area contributed by atoms with E-state index in [9.17, 15) is 54.8 Å². The zero-order valence-corrected chi connectivity index (χ0v) is 15.8. The van der Waals surface area contributed by atoms with Crippen molar-refractivity contribution in [3.8, 4) is 34.5 Å². The van der Waals surface area contributed by atoms with Crippen LogP contribution in [-0.2, 0) is 0 Å². The Hall–Kier alpha value is -4.11. The van der Waals surface area contributed by atoms with Crippen LogP contribution in [-0.4, -0.2) is 22.6 Å². The van der Waals surface area contributed by atoms with Gasteiger partial charge in [-0.05, 0) is 0 Å². The summed E-state index contributed by atoms with van der Waals surface area (Å²) in [7, 11) is -2.78. The van der Waals surface area contributed by atoms with Crippen LogP contribution in [0.5, 0.6) is 34.5 Å². The van der Waals surface area contributed by atoms with E-state index in [-0.39, 0.29) is 18.2 Å². The van der Waals surface area contributed by atoms with Crippen molar-refractivity contribution < 1.29 is 68.8 Å². The van der Waals surface area contributed by atoms with Gasteiger partial charge in [-0.25, -0.2) is 26.3 Å². The summed E-state index contributed by atoms with van der Waals surface area (Å²) in [4.78, 5) is 0. The molecule has 0 spiro atoms. The summed E-state index contributed by atoms with van der Waals surface area (Å²) in [5.74, 6) is -28.1. The standard InChI is InChI=1S/C18H6BF9O6/c20-4-1-7(16(29)13(26)10(4)23)32-19(33-8-2-5(21)11(24)14(27)17(8)30)34-9-3-6(22)12(25)15(28)18(9)31/h1-3,29-31H. The lowest BCUT2D eigenvalue weighted by Gasteiger charge is -2.19. The Balaban J connectivity index is 2.08. The first-order chi connectivity index (χ1) is 15.8. The van der Waals surface area contributed by atoms with Crippen molar-refractivity contribution in [3.63, 3.8) is 0 Å². The normalized spacial score (nSPS) is 10.9. The van der Waals surface area contributed by atoms with Gasteiger partial charge in [-0.15, -0.1) is 0 Å². The van der Waals surface area contributed by atoms with Crippen molar-refractivity contribution in [2.24, 2.45) is 0 Å². The zero-order chi connectivity index (χ0) is 25.5. The van der Waals surface area contributed by atoms with E-state index in [4.69, 9.17) is 0 Å². The Kier molecular flexibility index (Phi) is 6.52. The molecule has 0 atom stereocenters. The van der Waals surface area contributed by atoms with Gasteiger partial charge in [-0.2, -0.15) is 13.2 Å². The summed E-state index contributed by atoms with van der Waals surface area (Å²) in [6, 6.07) is 0.0144. The third-order valence-electron chi connectivity index (χ3n) is 3.97. The van der Waals surface area contributed by atoms with Gasteiger partial charge in [0.15, 0.2) is 69.4 Å². The summed E-state index contributed by atoms with van der Waals surface area (Å²) in [6.07, 6.45) is 0. The number of rotatable bonds is 6. The smallest absolute Gasteiger partial charge is 0.502 e. The van der Waals surface area contributed by atoms with Crippen LogP contribution in [0, 0.1) is 52.4 Å². The highest BCUT2D eigenvalue weighted by atomic mass is 19.2. The molecule has 0 aromatic heterocycles. The van der Waals surface area contributed by atoms with Crippen LogP contribution in [0.3, 0.4) is 0 Å². The Morgan fingerprint density at radius 2 is 0.676 bits per heavy atom. The van der Waals surface area contributed by atoms with Gasteiger partial charge in [0.25, 0.3) is 0 Å². The monoisotopic (exact) mass is 500 g/mol. The topological polar surface area (TPSA) is 88.4 Å². The minimum atomic E-state index is -2.78. The summed E-state index contributed by atoms with van der Waals surface area (Å²) in [5, 5.41) is 28.8. The molecular formula is C18H6BF9O6. The molecule has 0 aliphatic rings. The lowest BCUT2D eigenvalue weighted by atomic mass is 10.1. The van der Waals surface area contributed by atoms with E-state index >= 15 is 0 Å². The SMILES string of the molecule is Oc1c(OB(Oc2cc(F)c(F)c(F)c2O)Oc2cc(F)c(F)c(F)c2O)cc(F)c(F)c1F. The van der Waals surface area contributed by atoms with Crippen molar-refractivity contribution in [1.29, 1.82) is 0 Å². The van der Waals surface area contributed by atoms with Crippen LogP contribution in [0.2, 0.25) is 0 Å². The van der Waals surface area contributed by atoms with E-state index in [1.165, 1.54) is 0 Å². The van der Waals surface area contributed by atoms with Gasteiger partial charge >= 0.3 is 7.32 Å². The fourth-order valence-corrected chi connectivity index (χ4v) is 2.34. The third kappa shape index (κ3) is 4.38. The molecule has 0 aliphatic carbocycles. The second-order valence-corrected chi connectivity index (χ2v) is 6.14. The molecule has 180 valence electrons. The first kappa shape index (κ1) is 24.5. The molecule has 3 rings (SSSR count). The molecule has 0 saturated carbocycles. The first-order valence-corrected chi connectivity index (χ1v) is 8.42. The van der Waals surface area contributed by atoms with Crippen LogP contribution in [0.4, 0.5) is 39.5 Å². The average Bonchev–Trinajstić information content (AvgIpc) is 2.80.